The highest BCUT2D eigenvalue weighted by Gasteiger charge is 2.12. The molecule has 0 saturated heterocycles. The maximum absolute atomic E-state index is 2.32. The van der Waals surface area contributed by atoms with E-state index in [0.717, 1.165) is 0 Å². The summed E-state index contributed by atoms with van der Waals surface area (Å²) in [4.78, 5) is 0. The van der Waals surface area contributed by atoms with E-state index in [-0.39, 0.29) is 0 Å². The van der Waals surface area contributed by atoms with Gasteiger partial charge in [-0.05, 0) is 80.2 Å². The summed E-state index contributed by atoms with van der Waals surface area (Å²) in [6, 6.07) is 18.5. The van der Waals surface area contributed by atoms with Crippen LogP contribution in [0.4, 0.5) is 0 Å². The summed E-state index contributed by atoms with van der Waals surface area (Å²) >= 11 is 3.68. The first-order valence-corrected chi connectivity index (χ1v) is 10.6. The molecule has 2 heterocycles. The highest BCUT2D eigenvalue weighted by atomic mass is 32.1. The van der Waals surface area contributed by atoms with E-state index < -0.39 is 0 Å². The predicted molar refractivity (Wildman–Crippen MR) is 119 cm³/mol. The van der Waals surface area contributed by atoms with Gasteiger partial charge in [-0.1, -0.05) is 36.4 Å². The fourth-order valence-electron chi connectivity index (χ4n) is 4.43. The van der Waals surface area contributed by atoms with Gasteiger partial charge >= 0.3 is 0 Å². The van der Waals surface area contributed by atoms with Gasteiger partial charge in [0, 0.05) is 20.2 Å². The van der Waals surface area contributed by atoms with Gasteiger partial charge < -0.3 is 0 Å². The van der Waals surface area contributed by atoms with Crippen molar-refractivity contribution in [2.24, 2.45) is 0 Å². The Morgan fingerprint density at radius 2 is 0.808 bits per heavy atom. The quantitative estimate of drug-likeness (QED) is 0.237. The van der Waals surface area contributed by atoms with Crippen LogP contribution in [0.25, 0.3) is 52.5 Å². The SMILES string of the molecule is Cc1csc2ccc3c4ccc5c(ccc6scc(C)c65)c4ccc3c12. The number of aryl methyl sites for hydroxylation is 2. The van der Waals surface area contributed by atoms with Crippen LogP contribution in [0.2, 0.25) is 0 Å². The lowest BCUT2D eigenvalue weighted by Gasteiger charge is -2.10. The summed E-state index contributed by atoms with van der Waals surface area (Å²) in [5, 5.41) is 15.6. The van der Waals surface area contributed by atoms with Crippen molar-refractivity contribution < 1.29 is 0 Å². The molecule has 2 heteroatoms. The van der Waals surface area contributed by atoms with Crippen molar-refractivity contribution in [1.82, 2.24) is 0 Å². The Bertz CT molecular complexity index is 1380. The molecule has 2 aromatic heterocycles. The Labute approximate surface area is 159 Å². The van der Waals surface area contributed by atoms with Crippen molar-refractivity contribution in [3.63, 3.8) is 0 Å². The van der Waals surface area contributed by atoms with Crippen molar-refractivity contribution >= 4 is 75.2 Å². The maximum Gasteiger partial charge on any atom is 0.0351 e. The van der Waals surface area contributed by atoms with E-state index in [4.69, 9.17) is 0 Å². The number of hydrogen-bond acceptors (Lipinski definition) is 2. The second-order valence-corrected chi connectivity index (χ2v) is 8.95. The third-order valence-electron chi connectivity index (χ3n) is 5.63. The molecule has 0 fully saturated rings. The first kappa shape index (κ1) is 14.7. The Hall–Kier alpha value is -2.42. The molecule has 6 rings (SSSR count). The Morgan fingerprint density at radius 3 is 1.27 bits per heavy atom. The minimum Gasteiger partial charge on any atom is -0.144 e. The lowest BCUT2D eigenvalue weighted by molar-refractivity contribution is 1.61. The van der Waals surface area contributed by atoms with E-state index in [0.29, 0.717) is 0 Å². The molecule has 0 nitrogen and oxygen atoms in total. The van der Waals surface area contributed by atoms with Crippen LogP contribution >= 0.6 is 22.7 Å². The summed E-state index contributed by atoms with van der Waals surface area (Å²) in [6.45, 7) is 4.44. The molecular formula is C24H16S2. The van der Waals surface area contributed by atoms with Crippen molar-refractivity contribution in [3.8, 4) is 0 Å². The van der Waals surface area contributed by atoms with Crippen molar-refractivity contribution in [2.75, 3.05) is 0 Å². The highest BCUT2D eigenvalue weighted by molar-refractivity contribution is 7.17. The van der Waals surface area contributed by atoms with Gasteiger partial charge in [-0.15, -0.1) is 22.7 Å². The Balaban J connectivity index is 1.84. The third kappa shape index (κ3) is 1.78. The smallest absolute Gasteiger partial charge is 0.0351 e. The van der Waals surface area contributed by atoms with Crippen molar-refractivity contribution in [2.45, 2.75) is 13.8 Å². The molecule has 0 atom stereocenters. The predicted octanol–water partition coefficient (Wildman–Crippen LogP) is 8.19. The number of benzene rings is 4. The van der Waals surface area contributed by atoms with E-state index in [1.165, 1.54) is 63.6 Å². The normalized spacial score (nSPS) is 12.2. The van der Waals surface area contributed by atoms with Gasteiger partial charge in [-0.2, -0.15) is 0 Å². The van der Waals surface area contributed by atoms with Gasteiger partial charge in [0.15, 0.2) is 0 Å². The molecule has 0 amide bonds. The van der Waals surface area contributed by atoms with E-state index in [9.17, 15) is 0 Å². The highest BCUT2D eigenvalue weighted by Crippen LogP contribution is 2.40. The molecule has 124 valence electrons. The molecule has 0 saturated carbocycles. The molecule has 4 aromatic carbocycles. The van der Waals surface area contributed by atoms with Crippen molar-refractivity contribution in [1.29, 1.82) is 0 Å². The lowest BCUT2D eigenvalue weighted by atomic mass is 9.94. The van der Waals surface area contributed by atoms with Crippen LogP contribution in [-0.4, -0.2) is 0 Å². The van der Waals surface area contributed by atoms with Gasteiger partial charge in [-0.25, -0.2) is 0 Å². The van der Waals surface area contributed by atoms with Crippen LogP contribution in [0.1, 0.15) is 11.1 Å². The zero-order chi connectivity index (χ0) is 17.4. The van der Waals surface area contributed by atoms with Crippen LogP contribution in [0, 0.1) is 13.8 Å². The zero-order valence-corrected chi connectivity index (χ0v) is 16.2. The van der Waals surface area contributed by atoms with Crippen LogP contribution in [0.15, 0.2) is 59.3 Å². The molecule has 0 spiro atoms. The largest absolute Gasteiger partial charge is 0.144 e. The molecule has 0 radical (unpaired) electrons. The van der Waals surface area contributed by atoms with Gasteiger partial charge in [0.25, 0.3) is 0 Å². The van der Waals surface area contributed by atoms with Crippen LogP contribution in [-0.2, 0) is 0 Å². The summed E-state index contributed by atoms with van der Waals surface area (Å²) in [5.74, 6) is 0. The molecular weight excluding hydrogens is 352 g/mol. The monoisotopic (exact) mass is 368 g/mol. The van der Waals surface area contributed by atoms with Crippen LogP contribution in [0.3, 0.4) is 0 Å². The number of hydrogen-bond donors (Lipinski definition) is 0. The van der Waals surface area contributed by atoms with E-state index >= 15 is 0 Å². The number of thiophene rings is 2. The fourth-order valence-corrected chi connectivity index (χ4v) is 6.34. The van der Waals surface area contributed by atoms with E-state index in [1.807, 2.05) is 22.7 Å². The van der Waals surface area contributed by atoms with Gasteiger partial charge in [-0.3, -0.25) is 0 Å². The first-order chi connectivity index (χ1) is 12.7. The van der Waals surface area contributed by atoms with Gasteiger partial charge in [0.05, 0.1) is 0 Å². The average molecular weight is 369 g/mol. The number of rotatable bonds is 0. The Kier molecular flexibility index (Phi) is 2.87. The molecule has 0 aliphatic carbocycles. The van der Waals surface area contributed by atoms with Crippen LogP contribution in [0.5, 0.6) is 0 Å². The Morgan fingerprint density at radius 1 is 0.462 bits per heavy atom. The molecule has 0 unspecified atom stereocenters. The fraction of sp³-hybridized carbons (Fsp3) is 0.0833. The number of fused-ring (bicyclic) bond motifs is 9. The molecule has 0 N–H and O–H groups in total. The molecule has 6 aromatic rings. The lowest BCUT2D eigenvalue weighted by Crippen LogP contribution is -1.83. The van der Waals surface area contributed by atoms with Crippen molar-refractivity contribution in [3.05, 3.63) is 70.4 Å². The molecule has 0 aliphatic heterocycles. The maximum atomic E-state index is 2.32. The minimum absolute atomic E-state index is 1.36. The second-order valence-electron chi connectivity index (χ2n) is 7.13. The van der Waals surface area contributed by atoms with E-state index in [1.54, 1.807) is 0 Å². The summed E-state index contributed by atoms with van der Waals surface area (Å²) in [5.41, 5.74) is 2.76. The zero-order valence-electron chi connectivity index (χ0n) is 14.6. The van der Waals surface area contributed by atoms with Crippen LogP contribution < -0.4 is 0 Å². The van der Waals surface area contributed by atoms with E-state index in [2.05, 4.69) is 73.1 Å². The third-order valence-corrected chi connectivity index (χ3v) is 7.76. The molecule has 26 heavy (non-hydrogen) atoms. The molecule has 0 bridgehead atoms. The summed E-state index contributed by atoms with van der Waals surface area (Å²) in [7, 11) is 0. The topological polar surface area (TPSA) is 0 Å². The second kappa shape index (κ2) is 5.06. The standard InChI is InChI=1S/C24H16S2/c1-13-11-25-21-9-7-17-15-4-6-20-18(16(15)3-5-19(17)23(13)21)8-10-22-24(20)14(2)12-26-22/h3-12H,1-2H3. The van der Waals surface area contributed by atoms with Gasteiger partial charge in [0.1, 0.15) is 0 Å². The summed E-state index contributed by atoms with van der Waals surface area (Å²) in [6.07, 6.45) is 0. The average Bonchev–Trinajstić information content (AvgIpc) is 3.24. The first-order valence-electron chi connectivity index (χ1n) is 8.85. The summed E-state index contributed by atoms with van der Waals surface area (Å²) < 4.78 is 2.76. The molecule has 0 aliphatic rings. The minimum atomic E-state index is 1.36. The van der Waals surface area contributed by atoms with Gasteiger partial charge in [0.2, 0.25) is 0 Å².